The lowest BCUT2D eigenvalue weighted by Crippen LogP contribution is -2.43. The molecule has 1 aromatic carbocycles. The molecule has 1 aliphatic rings. The van der Waals surface area contributed by atoms with E-state index in [1.165, 1.54) is 0 Å². The van der Waals surface area contributed by atoms with E-state index in [4.69, 9.17) is 4.74 Å². The zero-order valence-electron chi connectivity index (χ0n) is 16.7. The quantitative estimate of drug-likeness (QED) is 0.667. The number of anilines is 1. The zero-order chi connectivity index (χ0) is 19.7. The minimum absolute atomic E-state index is 0.0422. The van der Waals surface area contributed by atoms with E-state index in [1.807, 2.05) is 6.07 Å². The van der Waals surface area contributed by atoms with E-state index < -0.39 is 10.0 Å². The van der Waals surface area contributed by atoms with Crippen molar-refractivity contribution in [3.05, 3.63) is 16.6 Å². The molecule has 0 aliphatic carbocycles. The van der Waals surface area contributed by atoms with Crippen molar-refractivity contribution in [2.24, 2.45) is 5.41 Å². The van der Waals surface area contributed by atoms with Gasteiger partial charge in [-0.25, -0.2) is 8.42 Å². The summed E-state index contributed by atoms with van der Waals surface area (Å²) >= 11 is 3.52. The molecule has 0 saturated carbocycles. The van der Waals surface area contributed by atoms with E-state index in [9.17, 15) is 8.42 Å². The number of methoxy groups -OCH3 is 1. The fourth-order valence-corrected chi connectivity index (χ4v) is 5.46. The van der Waals surface area contributed by atoms with Crippen molar-refractivity contribution in [2.45, 2.75) is 57.9 Å². The molecule has 0 unspecified atom stereocenters. The van der Waals surface area contributed by atoms with Crippen molar-refractivity contribution in [1.29, 1.82) is 0 Å². The van der Waals surface area contributed by atoms with E-state index in [2.05, 4.69) is 48.5 Å². The summed E-state index contributed by atoms with van der Waals surface area (Å²) in [5.74, 6) is 0.531. The Morgan fingerprint density at radius 2 is 1.96 bits per heavy atom. The lowest BCUT2D eigenvalue weighted by atomic mass is 9.95. The van der Waals surface area contributed by atoms with Crippen LogP contribution in [0.5, 0.6) is 5.75 Å². The van der Waals surface area contributed by atoms with Gasteiger partial charge in [-0.3, -0.25) is 0 Å². The van der Waals surface area contributed by atoms with Crippen molar-refractivity contribution in [2.75, 3.05) is 32.1 Å². The first-order chi connectivity index (χ1) is 12.0. The standard InChI is InChI=1S/C19H31BrN2O3S/c1-7-8-9-14-12-22(13-19(2,3)4)16-10-15(20)17(25-6)11-18(16)26(23,24)21(14)5/h10-11,14H,7-9,12-13H2,1-6H3/t14-/m1/s1. The first-order valence-electron chi connectivity index (χ1n) is 9.11. The maximum Gasteiger partial charge on any atom is 0.245 e. The summed E-state index contributed by atoms with van der Waals surface area (Å²) in [5, 5.41) is 0. The second kappa shape index (κ2) is 8.07. The minimum atomic E-state index is -3.58. The molecule has 0 N–H and O–H groups in total. The van der Waals surface area contributed by atoms with Crippen LogP contribution in [-0.4, -0.2) is 46.0 Å². The molecule has 7 heteroatoms. The van der Waals surface area contributed by atoms with Crippen molar-refractivity contribution >= 4 is 31.6 Å². The number of hydrogen-bond acceptors (Lipinski definition) is 4. The highest BCUT2D eigenvalue weighted by atomic mass is 79.9. The van der Waals surface area contributed by atoms with Gasteiger partial charge in [-0.15, -0.1) is 0 Å². The Balaban J connectivity index is 2.63. The molecule has 0 saturated heterocycles. The van der Waals surface area contributed by atoms with Crippen LogP contribution in [0.3, 0.4) is 0 Å². The van der Waals surface area contributed by atoms with Gasteiger partial charge in [0.15, 0.2) is 0 Å². The van der Waals surface area contributed by atoms with E-state index in [0.717, 1.165) is 36.0 Å². The maximum atomic E-state index is 13.3. The predicted molar refractivity (Wildman–Crippen MR) is 111 cm³/mol. The first kappa shape index (κ1) is 21.5. The van der Waals surface area contributed by atoms with Crippen LogP contribution in [0.2, 0.25) is 0 Å². The Bertz CT molecular complexity index is 744. The second-order valence-corrected chi connectivity index (χ2v) is 11.0. The molecule has 1 aromatic rings. The summed E-state index contributed by atoms with van der Waals surface area (Å²) in [5.41, 5.74) is 0.796. The van der Waals surface area contributed by atoms with Crippen LogP contribution >= 0.6 is 15.9 Å². The molecule has 26 heavy (non-hydrogen) atoms. The van der Waals surface area contributed by atoms with Gasteiger partial charge in [0.2, 0.25) is 10.0 Å². The van der Waals surface area contributed by atoms with Crippen molar-refractivity contribution in [3.63, 3.8) is 0 Å². The number of unbranched alkanes of at least 4 members (excludes halogenated alkanes) is 1. The number of sulfonamides is 1. The van der Waals surface area contributed by atoms with Gasteiger partial charge in [0.05, 0.1) is 17.3 Å². The average Bonchev–Trinajstić information content (AvgIpc) is 2.60. The van der Waals surface area contributed by atoms with Crippen LogP contribution in [0.4, 0.5) is 5.69 Å². The molecule has 5 nitrogen and oxygen atoms in total. The summed E-state index contributed by atoms with van der Waals surface area (Å²) in [6.45, 7) is 10.1. The van der Waals surface area contributed by atoms with Gasteiger partial charge in [0.25, 0.3) is 0 Å². The predicted octanol–water partition coefficient (Wildman–Crippen LogP) is 4.50. The van der Waals surface area contributed by atoms with E-state index in [-0.39, 0.29) is 11.5 Å². The van der Waals surface area contributed by atoms with Gasteiger partial charge in [0.1, 0.15) is 10.6 Å². The summed E-state index contributed by atoms with van der Waals surface area (Å²) in [6, 6.07) is 3.48. The molecule has 1 aliphatic heterocycles. The fraction of sp³-hybridized carbons (Fsp3) is 0.684. The summed E-state index contributed by atoms with van der Waals surface area (Å²) < 4.78 is 34.3. The third-order valence-corrected chi connectivity index (χ3v) is 7.29. The smallest absolute Gasteiger partial charge is 0.245 e. The first-order valence-corrected chi connectivity index (χ1v) is 11.3. The molecule has 0 radical (unpaired) electrons. The number of rotatable bonds is 5. The van der Waals surface area contributed by atoms with Gasteiger partial charge in [-0.1, -0.05) is 40.5 Å². The van der Waals surface area contributed by atoms with Gasteiger partial charge in [0, 0.05) is 32.2 Å². The average molecular weight is 447 g/mol. The number of ether oxygens (including phenoxy) is 1. The molecule has 0 spiro atoms. The van der Waals surface area contributed by atoms with Crippen LogP contribution in [0, 0.1) is 5.41 Å². The largest absolute Gasteiger partial charge is 0.496 e. The molecule has 2 rings (SSSR count). The summed E-state index contributed by atoms with van der Waals surface area (Å²) in [7, 11) is -0.329. The fourth-order valence-electron chi connectivity index (χ4n) is 3.39. The molecule has 0 bridgehead atoms. The molecule has 0 fully saturated rings. The van der Waals surface area contributed by atoms with Crippen molar-refractivity contribution < 1.29 is 13.2 Å². The SMILES string of the molecule is CCCC[C@@H]1CN(CC(C)(C)C)c2cc(Br)c(OC)cc2S(=O)(=O)N1C. The van der Waals surface area contributed by atoms with Gasteiger partial charge < -0.3 is 9.64 Å². The van der Waals surface area contributed by atoms with Gasteiger partial charge >= 0.3 is 0 Å². The normalized spacial score (nSPS) is 20.6. The maximum absolute atomic E-state index is 13.3. The lowest BCUT2D eigenvalue weighted by molar-refractivity contribution is 0.332. The molecule has 1 heterocycles. The Labute approximate surface area is 166 Å². The second-order valence-electron chi connectivity index (χ2n) is 8.21. The minimum Gasteiger partial charge on any atom is -0.496 e. The molecule has 0 aromatic heterocycles. The summed E-state index contributed by atoms with van der Waals surface area (Å²) in [6.07, 6.45) is 2.92. The lowest BCUT2D eigenvalue weighted by Gasteiger charge is -2.34. The van der Waals surface area contributed by atoms with Gasteiger partial charge in [-0.2, -0.15) is 4.31 Å². The number of benzene rings is 1. The van der Waals surface area contributed by atoms with Crippen LogP contribution in [-0.2, 0) is 10.0 Å². The number of hydrogen-bond donors (Lipinski definition) is 0. The summed E-state index contributed by atoms with van der Waals surface area (Å²) in [4.78, 5) is 2.55. The van der Waals surface area contributed by atoms with Crippen LogP contribution in [0.25, 0.3) is 0 Å². The monoisotopic (exact) mass is 446 g/mol. The van der Waals surface area contributed by atoms with Crippen LogP contribution < -0.4 is 9.64 Å². The number of likely N-dealkylation sites (N-methyl/N-ethyl adjacent to an activating group) is 1. The molecule has 0 amide bonds. The van der Waals surface area contributed by atoms with Crippen LogP contribution in [0.1, 0.15) is 47.0 Å². The third kappa shape index (κ3) is 4.54. The Kier molecular flexibility index (Phi) is 6.67. The van der Waals surface area contributed by atoms with E-state index in [1.54, 1.807) is 24.5 Å². The van der Waals surface area contributed by atoms with Crippen molar-refractivity contribution in [3.8, 4) is 5.75 Å². The number of fused-ring (bicyclic) bond motifs is 1. The number of nitrogens with zero attached hydrogens (tertiary/aromatic N) is 2. The molecule has 1 atom stereocenters. The Hall–Kier alpha value is -0.790. The van der Waals surface area contributed by atoms with E-state index in [0.29, 0.717) is 17.2 Å². The van der Waals surface area contributed by atoms with Gasteiger partial charge in [-0.05, 0) is 33.8 Å². The highest BCUT2D eigenvalue weighted by Gasteiger charge is 2.37. The highest BCUT2D eigenvalue weighted by molar-refractivity contribution is 9.10. The number of halogens is 1. The third-order valence-electron chi connectivity index (χ3n) is 4.73. The zero-order valence-corrected chi connectivity index (χ0v) is 19.1. The van der Waals surface area contributed by atoms with E-state index >= 15 is 0 Å². The molecular weight excluding hydrogens is 416 g/mol. The molecular formula is C19H31BrN2O3S. The highest BCUT2D eigenvalue weighted by Crippen LogP contribution is 2.40. The molecule has 148 valence electrons. The van der Waals surface area contributed by atoms with Crippen molar-refractivity contribution in [1.82, 2.24) is 4.31 Å². The Morgan fingerprint density at radius 1 is 1.31 bits per heavy atom. The topological polar surface area (TPSA) is 49.9 Å². The Morgan fingerprint density at radius 3 is 2.50 bits per heavy atom. The van der Waals surface area contributed by atoms with Crippen LogP contribution in [0.15, 0.2) is 21.5 Å².